The van der Waals surface area contributed by atoms with Gasteiger partial charge >= 0.3 is 6.36 Å². The van der Waals surface area contributed by atoms with Crippen LogP contribution in [-0.4, -0.2) is 54.9 Å². The Morgan fingerprint density at radius 1 is 1.05 bits per heavy atom. The fourth-order valence-electron chi connectivity index (χ4n) is 6.45. The van der Waals surface area contributed by atoms with Gasteiger partial charge in [-0.25, -0.2) is 13.1 Å². The number of sulfone groups is 1. The van der Waals surface area contributed by atoms with Gasteiger partial charge in [-0.3, -0.25) is 4.79 Å². The van der Waals surface area contributed by atoms with Crippen LogP contribution in [0.1, 0.15) is 56.6 Å². The van der Waals surface area contributed by atoms with Crippen LogP contribution in [0.15, 0.2) is 54.7 Å². The molecule has 0 amide bonds. The van der Waals surface area contributed by atoms with Gasteiger partial charge in [-0.05, 0) is 55.5 Å². The first-order valence-electron chi connectivity index (χ1n) is 14.9. The van der Waals surface area contributed by atoms with E-state index < -0.39 is 21.6 Å². The summed E-state index contributed by atoms with van der Waals surface area (Å²) in [5, 5.41) is 14.5. The Labute approximate surface area is 254 Å². The smallest absolute Gasteiger partial charge is 0.406 e. The van der Waals surface area contributed by atoms with E-state index in [1.54, 1.807) is 12.3 Å². The molecule has 0 spiro atoms. The van der Waals surface area contributed by atoms with E-state index in [4.69, 9.17) is 5.10 Å². The molecule has 0 unspecified atom stereocenters. The number of hydrogen-bond donors (Lipinski definition) is 0. The van der Waals surface area contributed by atoms with Gasteiger partial charge in [-0.2, -0.15) is 10.4 Å². The highest BCUT2D eigenvalue weighted by Gasteiger charge is 2.47. The van der Waals surface area contributed by atoms with E-state index in [0.717, 1.165) is 48.9 Å². The van der Waals surface area contributed by atoms with E-state index in [9.17, 15) is 31.6 Å². The number of nitrogens with zero attached hydrogens (tertiary/aromatic N) is 4. The van der Waals surface area contributed by atoms with Gasteiger partial charge in [-0.1, -0.05) is 31.0 Å². The number of Topliss-reactive ketones (excluding diaryl/α,β-unsaturated/α-hetero) is 1. The molecule has 0 radical (unpaired) electrons. The quantitative estimate of drug-likeness (QED) is 0.293. The van der Waals surface area contributed by atoms with Crippen molar-refractivity contribution >= 4 is 21.3 Å². The van der Waals surface area contributed by atoms with Gasteiger partial charge in [0.15, 0.2) is 9.84 Å². The van der Waals surface area contributed by atoms with Crippen LogP contribution in [0.2, 0.25) is 0 Å². The molecule has 3 fully saturated rings. The van der Waals surface area contributed by atoms with Gasteiger partial charge in [0, 0.05) is 54.9 Å². The minimum Gasteiger partial charge on any atom is -0.406 e. The molecule has 1 saturated heterocycles. The highest BCUT2D eigenvalue weighted by molar-refractivity contribution is 7.91. The van der Waals surface area contributed by atoms with Gasteiger partial charge in [0.25, 0.3) is 0 Å². The number of alkyl halides is 3. The lowest BCUT2D eigenvalue weighted by Gasteiger charge is -2.31. The molecule has 12 heteroatoms. The molecule has 0 N–H and O–H groups in total. The van der Waals surface area contributed by atoms with Gasteiger partial charge in [-0.15, -0.1) is 13.2 Å². The van der Waals surface area contributed by atoms with Crippen LogP contribution in [0.5, 0.6) is 5.75 Å². The zero-order valence-corrected chi connectivity index (χ0v) is 24.9. The number of halogens is 3. The average molecular weight is 627 g/mol. The largest absolute Gasteiger partial charge is 0.573 e. The van der Waals surface area contributed by atoms with Gasteiger partial charge in [0.1, 0.15) is 11.5 Å². The molecule has 2 aliphatic carbocycles. The molecule has 0 bridgehead atoms. The van der Waals surface area contributed by atoms with E-state index in [1.165, 1.54) is 22.9 Å². The summed E-state index contributed by atoms with van der Waals surface area (Å²) in [5.41, 5.74) is 3.02. The highest BCUT2D eigenvalue weighted by atomic mass is 32.2. The topological polar surface area (TPSA) is 105 Å². The zero-order chi connectivity index (χ0) is 31.1. The fourth-order valence-corrected chi connectivity index (χ4v) is 7.65. The number of carbonyl (C=O) groups excluding carboxylic acids is 1. The Balaban J connectivity index is 1.36. The summed E-state index contributed by atoms with van der Waals surface area (Å²) >= 11 is 0. The van der Waals surface area contributed by atoms with Crippen molar-refractivity contribution in [3.63, 3.8) is 0 Å². The maximum absolute atomic E-state index is 13.6. The van der Waals surface area contributed by atoms with Gasteiger partial charge in [0.05, 0.1) is 34.4 Å². The first kappa shape index (κ1) is 30.2. The van der Waals surface area contributed by atoms with Crippen LogP contribution in [-0.2, 0) is 14.6 Å². The van der Waals surface area contributed by atoms with E-state index in [2.05, 4.69) is 10.8 Å². The Morgan fingerprint density at radius 2 is 1.75 bits per heavy atom. The SMILES string of the molecule is N#CC1(CC(=O)[C@@H]2CCCC[C@H]2c2nn(-c3cccc(OC(F)(F)F)c3)cc2-c2ccc(N3CCS(=O)(=O)CC3)cc2)CC1. The zero-order valence-electron chi connectivity index (χ0n) is 24.1. The number of ether oxygens (including phenoxy) is 1. The summed E-state index contributed by atoms with van der Waals surface area (Å²) in [7, 11) is -3.02. The summed E-state index contributed by atoms with van der Waals surface area (Å²) in [6, 6.07) is 15.7. The Bertz CT molecular complexity index is 1680. The maximum Gasteiger partial charge on any atom is 0.573 e. The molecule has 1 aromatic heterocycles. The molecule has 2 aromatic carbocycles. The molecule has 44 heavy (non-hydrogen) atoms. The molecule has 232 valence electrons. The molecule has 3 aromatic rings. The Morgan fingerprint density at radius 3 is 2.41 bits per heavy atom. The first-order valence-corrected chi connectivity index (χ1v) is 16.7. The average Bonchev–Trinajstić information content (AvgIpc) is 3.62. The first-order chi connectivity index (χ1) is 20.9. The number of carbonyl (C=O) groups is 1. The van der Waals surface area contributed by atoms with Crippen molar-refractivity contribution in [2.24, 2.45) is 11.3 Å². The summed E-state index contributed by atoms with van der Waals surface area (Å²) in [5.74, 6) is -0.585. The number of nitriles is 1. The third-order valence-corrected chi connectivity index (χ3v) is 10.7. The maximum atomic E-state index is 13.6. The van der Waals surface area contributed by atoms with Crippen molar-refractivity contribution in [1.82, 2.24) is 9.78 Å². The lowest BCUT2D eigenvalue weighted by atomic mass is 9.72. The van der Waals surface area contributed by atoms with Gasteiger partial charge in [0.2, 0.25) is 0 Å². The molecule has 6 rings (SSSR count). The second-order valence-corrected chi connectivity index (χ2v) is 14.4. The molecular weight excluding hydrogens is 593 g/mol. The van der Waals surface area contributed by atoms with Crippen molar-refractivity contribution < 1.29 is 31.1 Å². The van der Waals surface area contributed by atoms with E-state index >= 15 is 0 Å². The number of anilines is 1. The number of hydrogen-bond acceptors (Lipinski definition) is 7. The van der Waals surface area contributed by atoms with Crippen LogP contribution in [0.3, 0.4) is 0 Å². The predicted molar refractivity (Wildman–Crippen MR) is 158 cm³/mol. The minimum absolute atomic E-state index is 0.0743. The van der Waals surface area contributed by atoms with Gasteiger partial charge < -0.3 is 9.64 Å². The molecule has 1 aliphatic heterocycles. The van der Waals surface area contributed by atoms with Crippen molar-refractivity contribution in [2.75, 3.05) is 29.5 Å². The van der Waals surface area contributed by atoms with Crippen molar-refractivity contribution in [1.29, 1.82) is 5.26 Å². The molecule has 2 atom stereocenters. The second kappa shape index (κ2) is 11.6. The van der Waals surface area contributed by atoms with Crippen LogP contribution in [0.4, 0.5) is 18.9 Å². The fraction of sp³-hybridized carbons (Fsp3) is 0.469. The van der Waals surface area contributed by atoms with Crippen LogP contribution in [0, 0.1) is 22.7 Å². The van der Waals surface area contributed by atoms with Crippen LogP contribution in [0.25, 0.3) is 16.8 Å². The Kier molecular flexibility index (Phi) is 7.94. The summed E-state index contributed by atoms with van der Waals surface area (Å²) in [6.07, 6.45) is 1.89. The standard InChI is InChI=1S/C32H33F3N4O4S/c33-32(34,35)43-25-5-3-4-24(18-25)39-20-28(22-8-10-23(11-9-22)38-14-16-44(41,42)17-15-38)30(37-39)27-7-2-1-6-26(27)29(40)19-31(21-36)12-13-31/h3-5,8-11,18,20,26-27H,1-2,6-7,12-17,19H2/t26-,27-/m1/s1. The van der Waals surface area contributed by atoms with E-state index in [0.29, 0.717) is 30.9 Å². The lowest BCUT2D eigenvalue weighted by Crippen LogP contribution is -2.40. The number of rotatable bonds is 8. The summed E-state index contributed by atoms with van der Waals surface area (Å²) in [6.45, 7) is 0.828. The molecule has 3 aliphatic rings. The monoisotopic (exact) mass is 626 g/mol. The Hall–Kier alpha value is -3.85. The molecular formula is C32H33F3N4O4S. The summed E-state index contributed by atoms with van der Waals surface area (Å²) in [4.78, 5) is 15.6. The second-order valence-electron chi connectivity index (χ2n) is 12.1. The van der Waals surface area contributed by atoms with Crippen LogP contribution >= 0.6 is 0 Å². The van der Waals surface area contributed by atoms with Crippen molar-refractivity contribution in [3.05, 3.63) is 60.4 Å². The lowest BCUT2D eigenvalue weighted by molar-refractivity contribution is -0.274. The predicted octanol–water partition coefficient (Wildman–Crippen LogP) is 6.21. The summed E-state index contributed by atoms with van der Waals surface area (Å²) < 4.78 is 68.3. The minimum atomic E-state index is -4.84. The normalized spacial score (nSPS) is 22.6. The number of aromatic nitrogens is 2. The molecule has 2 heterocycles. The number of ketones is 1. The third-order valence-electron chi connectivity index (χ3n) is 9.08. The van der Waals surface area contributed by atoms with E-state index in [1.807, 2.05) is 29.2 Å². The van der Waals surface area contributed by atoms with Crippen molar-refractivity contribution in [2.45, 2.75) is 57.2 Å². The highest BCUT2D eigenvalue weighted by Crippen LogP contribution is 2.51. The van der Waals surface area contributed by atoms with Crippen LogP contribution < -0.4 is 9.64 Å². The number of benzene rings is 2. The molecule has 8 nitrogen and oxygen atoms in total. The third kappa shape index (κ3) is 6.62. The van der Waals surface area contributed by atoms with E-state index in [-0.39, 0.29) is 41.3 Å². The molecule has 2 saturated carbocycles. The van der Waals surface area contributed by atoms with Crippen molar-refractivity contribution in [3.8, 4) is 28.6 Å².